The maximum absolute atomic E-state index is 6.26. The van der Waals surface area contributed by atoms with Gasteiger partial charge < -0.3 is 4.52 Å². The molecule has 0 aliphatic carbocycles. The highest BCUT2D eigenvalue weighted by Gasteiger charge is 2.44. The van der Waals surface area contributed by atoms with Gasteiger partial charge in [-0.05, 0) is 12.1 Å². The van der Waals surface area contributed by atoms with E-state index in [9.17, 15) is 0 Å². The number of hydrogen-bond donors (Lipinski definition) is 0. The Morgan fingerprint density at radius 2 is 1.29 bits per heavy atom. The van der Waals surface area contributed by atoms with Crippen LogP contribution in [0.25, 0.3) is 0 Å². The molecule has 1 rings (SSSR count). The molecule has 0 N–H and O–H groups in total. The average Bonchev–Trinajstić information content (AvgIpc) is 2.15. The van der Waals surface area contributed by atoms with Crippen LogP contribution in [0.5, 0.6) is 5.75 Å². The molecule has 0 radical (unpaired) electrons. The largest absolute Gasteiger partial charge is 0.466 e. The van der Waals surface area contributed by atoms with Crippen molar-refractivity contribution in [3.63, 3.8) is 0 Å². The van der Waals surface area contributed by atoms with Crippen LogP contribution in [0.2, 0.25) is 0 Å². The first kappa shape index (κ1) is 14.7. The highest BCUT2D eigenvalue weighted by Crippen LogP contribution is 2.67. The second-order valence-corrected chi connectivity index (χ2v) is 11.8. The predicted molar refractivity (Wildman–Crippen MR) is 80.9 cm³/mol. The summed E-state index contributed by atoms with van der Waals surface area (Å²) < 4.78 is 6.26. The molecule has 0 bridgehead atoms. The Morgan fingerprint density at radius 3 is 1.65 bits per heavy atom. The maximum Gasteiger partial charge on any atom is 0.125 e. The standard InChI is InChI=1S/C14H23OPS/c1-13(2,3)16(17,14(4,5)6)15-12-10-8-7-9-11-12/h7-11H,1-6H3. The molecule has 0 saturated carbocycles. The molecule has 1 aromatic rings. The molecular weight excluding hydrogens is 247 g/mol. The Hall–Kier alpha value is -0.330. The van der Waals surface area contributed by atoms with Crippen molar-refractivity contribution < 1.29 is 4.52 Å². The minimum absolute atomic E-state index is 0.00355. The normalized spacial score (nSPS) is 13.5. The summed E-state index contributed by atoms with van der Waals surface area (Å²) in [5.41, 5.74) is 0. The molecule has 0 heterocycles. The molecule has 0 amide bonds. The summed E-state index contributed by atoms with van der Waals surface area (Å²) >= 11 is 5.95. The van der Waals surface area contributed by atoms with Gasteiger partial charge in [-0.2, -0.15) is 0 Å². The first-order chi connectivity index (χ1) is 7.58. The highest BCUT2D eigenvalue weighted by molar-refractivity contribution is 8.13. The minimum atomic E-state index is -1.98. The third-order valence-electron chi connectivity index (χ3n) is 2.74. The molecule has 17 heavy (non-hydrogen) atoms. The Kier molecular flexibility index (Phi) is 4.11. The quantitative estimate of drug-likeness (QED) is 0.695. The monoisotopic (exact) mass is 270 g/mol. The molecular formula is C14H23OPS. The van der Waals surface area contributed by atoms with Crippen molar-refractivity contribution in [1.29, 1.82) is 0 Å². The fourth-order valence-corrected chi connectivity index (χ4v) is 5.15. The van der Waals surface area contributed by atoms with Gasteiger partial charge in [-0.1, -0.05) is 71.5 Å². The van der Waals surface area contributed by atoms with E-state index in [1.807, 2.05) is 30.3 Å². The van der Waals surface area contributed by atoms with Crippen molar-refractivity contribution in [2.24, 2.45) is 0 Å². The second kappa shape index (κ2) is 4.74. The van der Waals surface area contributed by atoms with E-state index in [1.54, 1.807) is 0 Å². The fourth-order valence-electron chi connectivity index (χ4n) is 1.91. The summed E-state index contributed by atoms with van der Waals surface area (Å²) in [6.07, 6.45) is -1.98. The summed E-state index contributed by atoms with van der Waals surface area (Å²) in [6, 6.07) is 9.93. The van der Waals surface area contributed by atoms with Gasteiger partial charge in [0.1, 0.15) is 12.0 Å². The molecule has 0 atom stereocenters. The Bertz CT molecular complexity index is 394. The highest BCUT2D eigenvalue weighted by atomic mass is 32.4. The van der Waals surface area contributed by atoms with Crippen molar-refractivity contribution in [2.45, 2.75) is 51.9 Å². The van der Waals surface area contributed by atoms with Crippen molar-refractivity contribution >= 4 is 18.1 Å². The molecule has 0 aliphatic rings. The lowest BCUT2D eigenvalue weighted by atomic mass is 10.2. The van der Waals surface area contributed by atoms with E-state index in [-0.39, 0.29) is 10.3 Å². The predicted octanol–water partition coefficient (Wildman–Crippen LogP) is 5.06. The van der Waals surface area contributed by atoms with Gasteiger partial charge in [0, 0.05) is 10.3 Å². The van der Waals surface area contributed by atoms with Gasteiger partial charge in [-0.25, -0.2) is 0 Å². The smallest absolute Gasteiger partial charge is 0.125 e. The summed E-state index contributed by atoms with van der Waals surface area (Å²) in [5, 5.41) is -0.00709. The van der Waals surface area contributed by atoms with Crippen LogP contribution in [0.15, 0.2) is 30.3 Å². The number of hydrogen-bond acceptors (Lipinski definition) is 2. The van der Waals surface area contributed by atoms with Gasteiger partial charge in [-0.3, -0.25) is 0 Å². The van der Waals surface area contributed by atoms with E-state index < -0.39 is 6.26 Å². The lowest BCUT2D eigenvalue weighted by molar-refractivity contribution is 0.530. The van der Waals surface area contributed by atoms with Crippen LogP contribution in [-0.4, -0.2) is 10.3 Å². The molecule has 0 saturated heterocycles. The van der Waals surface area contributed by atoms with Crippen LogP contribution in [0.3, 0.4) is 0 Å². The molecule has 0 spiro atoms. The van der Waals surface area contributed by atoms with E-state index in [4.69, 9.17) is 16.3 Å². The van der Waals surface area contributed by atoms with Crippen molar-refractivity contribution in [3.8, 4) is 5.75 Å². The Morgan fingerprint density at radius 1 is 0.882 bits per heavy atom. The zero-order valence-electron chi connectivity index (χ0n) is 11.7. The third kappa shape index (κ3) is 3.11. The molecule has 3 heteroatoms. The van der Waals surface area contributed by atoms with Gasteiger partial charge in [0.05, 0.1) is 0 Å². The molecule has 0 aromatic heterocycles. The topological polar surface area (TPSA) is 9.23 Å². The summed E-state index contributed by atoms with van der Waals surface area (Å²) in [6.45, 7) is 13.1. The van der Waals surface area contributed by atoms with E-state index in [2.05, 4.69) is 41.5 Å². The van der Waals surface area contributed by atoms with Gasteiger partial charge in [0.2, 0.25) is 0 Å². The zero-order chi connectivity index (χ0) is 13.3. The third-order valence-corrected chi connectivity index (χ3v) is 10.3. The van der Waals surface area contributed by atoms with Gasteiger partial charge in [0.25, 0.3) is 0 Å². The first-order valence-corrected chi connectivity index (χ1v) is 8.65. The van der Waals surface area contributed by atoms with Crippen LogP contribution in [0, 0.1) is 0 Å². The van der Waals surface area contributed by atoms with Crippen LogP contribution in [0.4, 0.5) is 0 Å². The average molecular weight is 270 g/mol. The molecule has 1 nitrogen and oxygen atoms in total. The number of rotatable bonds is 2. The van der Waals surface area contributed by atoms with Gasteiger partial charge in [0.15, 0.2) is 0 Å². The summed E-state index contributed by atoms with van der Waals surface area (Å²) in [5.74, 6) is 0.890. The fraction of sp³-hybridized carbons (Fsp3) is 0.571. The van der Waals surface area contributed by atoms with E-state index in [1.165, 1.54) is 0 Å². The van der Waals surface area contributed by atoms with E-state index in [0.29, 0.717) is 0 Å². The SMILES string of the molecule is CC(C)(C)P(=S)(Oc1ccccc1)C(C)(C)C. The Balaban J connectivity index is 3.16. The van der Waals surface area contributed by atoms with Crippen LogP contribution in [0.1, 0.15) is 41.5 Å². The second-order valence-electron chi connectivity index (χ2n) is 6.30. The van der Waals surface area contributed by atoms with Crippen LogP contribution >= 0.6 is 6.26 Å². The van der Waals surface area contributed by atoms with Crippen molar-refractivity contribution in [2.75, 3.05) is 0 Å². The van der Waals surface area contributed by atoms with Gasteiger partial charge in [-0.15, -0.1) is 0 Å². The minimum Gasteiger partial charge on any atom is -0.466 e. The summed E-state index contributed by atoms with van der Waals surface area (Å²) in [4.78, 5) is 0. The van der Waals surface area contributed by atoms with E-state index in [0.717, 1.165) is 5.75 Å². The molecule has 1 aromatic carbocycles. The lowest BCUT2D eigenvalue weighted by Crippen LogP contribution is -2.31. The summed E-state index contributed by atoms with van der Waals surface area (Å²) in [7, 11) is 0. The van der Waals surface area contributed by atoms with Gasteiger partial charge >= 0.3 is 0 Å². The number of benzene rings is 1. The molecule has 96 valence electrons. The molecule has 0 aliphatic heterocycles. The van der Waals surface area contributed by atoms with E-state index >= 15 is 0 Å². The number of para-hydroxylation sites is 1. The van der Waals surface area contributed by atoms with Crippen molar-refractivity contribution in [1.82, 2.24) is 0 Å². The Labute approximate surface area is 111 Å². The first-order valence-electron chi connectivity index (χ1n) is 5.93. The zero-order valence-corrected chi connectivity index (χ0v) is 13.4. The van der Waals surface area contributed by atoms with Crippen LogP contribution < -0.4 is 4.52 Å². The lowest BCUT2D eigenvalue weighted by Gasteiger charge is -2.44. The molecule has 0 fully saturated rings. The van der Waals surface area contributed by atoms with Crippen molar-refractivity contribution in [3.05, 3.63) is 30.3 Å². The molecule has 0 unspecified atom stereocenters. The van der Waals surface area contributed by atoms with Crippen LogP contribution in [-0.2, 0) is 11.8 Å². The maximum atomic E-state index is 6.26.